The van der Waals surface area contributed by atoms with Crippen molar-refractivity contribution in [3.05, 3.63) is 59.2 Å². The maximum absolute atomic E-state index is 12.7. The number of hydrogen-bond donors (Lipinski definition) is 2. The number of ether oxygens (including phenoxy) is 2. The molecule has 0 aliphatic rings. The molecule has 176 valence electrons. The van der Waals surface area contributed by atoms with Crippen LogP contribution in [0, 0.1) is 0 Å². The van der Waals surface area contributed by atoms with Crippen molar-refractivity contribution >= 4 is 15.9 Å². The molecule has 0 aromatic heterocycles. The monoisotopic (exact) mass is 462 g/mol. The van der Waals surface area contributed by atoms with E-state index in [0.29, 0.717) is 43.2 Å². The quantitative estimate of drug-likeness (QED) is 0.472. The van der Waals surface area contributed by atoms with Gasteiger partial charge in [0.1, 0.15) is 0 Å². The summed E-state index contributed by atoms with van der Waals surface area (Å²) in [4.78, 5) is 12.7. The lowest BCUT2D eigenvalue weighted by Crippen LogP contribution is -2.26. The number of carbonyl (C=O) groups is 1. The van der Waals surface area contributed by atoms with Crippen molar-refractivity contribution in [3.8, 4) is 11.5 Å². The molecular weight excluding hydrogens is 428 g/mol. The topological polar surface area (TPSA) is 93.7 Å². The smallest absolute Gasteiger partial charge is 0.251 e. The van der Waals surface area contributed by atoms with E-state index >= 15 is 0 Å². The Labute approximate surface area is 191 Å². The first-order valence-electron chi connectivity index (χ1n) is 11.0. The van der Waals surface area contributed by atoms with Gasteiger partial charge in [-0.15, -0.1) is 0 Å². The predicted octanol–water partition coefficient (Wildman–Crippen LogP) is 3.85. The molecule has 1 amide bonds. The van der Waals surface area contributed by atoms with Gasteiger partial charge in [-0.2, -0.15) is 0 Å². The van der Waals surface area contributed by atoms with Gasteiger partial charge >= 0.3 is 0 Å². The average molecular weight is 463 g/mol. The number of carbonyl (C=O) groups excluding carboxylic acids is 1. The molecule has 0 spiro atoms. The lowest BCUT2D eigenvalue weighted by atomic mass is 10.1. The molecule has 32 heavy (non-hydrogen) atoms. The molecule has 0 radical (unpaired) electrons. The van der Waals surface area contributed by atoms with E-state index in [4.69, 9.17) is 9.47 Å². The van der Waals surface area contributed by atoms with Crippen LogP contribution >= 0.6 is 0 Å². The summed E-state index contributed by atoms with van der Waals surface area (Å²) in [6, 6.07) is 12.7. The van der Waals surface area contributed by atoms with Gasteiger partial charge in [0.2, 0.25) is 10.0 Å². The number of sulfonamides is 1. The van der Waals surface area contributed by atoms with E-state index in [-0.39, 0.29) is 11.9 Å². The van der Waals surface area contributed by atoms with Crippen LogP contribution in [0.5, 0.6) is 11.5 Å². The van der Waals surface area contributed by atoms with Crippen molar-refractivity contribution in [3.63, 3.8) is 0 Å². The van der Waals surface area contributed by atoms with Crippen molar-refractivity contribution in [1.29, 1.82) is 0 Å². The van der Waals surface area contributed by atoms with Crippen LogP contribution in [-0.2, 0) is 16.4 Å². The van der Waals surface area contributed by atoms with Crippen LogP contribution in [0.3, 0.4) is 0 Å². The molecule has 7 nitrogen and oxygen atoms in total. The number of hydrogen-bond acceptors (Lipinski definition) is 5. The molecule has 0 bridgehead atoms. The van der Waals surface area contributed by atoms with E-state index in [0.717, 1.165) is 30.2 Å². The summed E-state index contributed by atoms with van der Waals surface area (Å²) in [7, 11) is -3.20. The van der Waals surface area contributed by atoms with Gasteiger partial charge in [-0.25, -0.2) is 13.1 Å². The van der Waals surface area contributed by atoms with E-state index in [2.05, 4.69) is 17.0 Å². The van der Waals surface area contributed by atoms with Crippen LogP contribution in [-0.4, -0.2) is 40.3 Å². The van der Waals surface area contributed by atoms with Crippen molar-refractivity contribution < 1.29 is 22.7 Å². The first-order chi connectivity index (χ1) is 15.2. The van der Waals surface area contributed by atoms with Crippen molar-refractivity contribution in [2.75, 3.05) is 26.0 Å². The maximum atomic E-state index is 12.7. The zero-order chi connectivity index (χ0) is 23.6. The second-order valence-corrected chi connectivity index (χ2v) is 9.54. The Kier molecular flexibility index (Phi) is 9.99. The predicted molar refractivity (Wildman–Crippen MR) is 127 cm³/mol. The minimum atomic E-state index is -3.20. The second kappa shape index (κ2) is 12.5. The van der Waals surface area contributed by atoms with Crippen molar-refractivity contribution in [2.45, 2.75) is 46.1 Å². The van der Waals surface area contributed by atoms with Crippen LogP contribution in [0.25, 0.3) is 0 Å². The van der Waals surface area contributed by atoms with Gasteiger partial charge < -0.3 is 14.8 Å². The Morgan fingerprint density at radius 1 is 0.969 bits per heavy atom. The summed E-state index contributed by atoms with van der Waals surface area (Å²) in [6.07, 6.45) is 3.49. The van der Waals surface area contributed by atoms with Crippen molar-refractivity contribution in [2.24, 2.45) is 0 Å². The van der Waals surface area contributed by atoms with Gasteiger partial charge in [-0.05, 0) is 61.6 Å². The third-order valence-electron chi connectivity index (χ3n) is 4.73. The van der Waals surface area contributed by atoms with E-state index in [1.807, 2.05) is 44.2 Å². The van der Waals surface area contributed by atoms with Gasteiger partial charge in [0.15, 0.2) is 11.5 Å². The van der Waals surface area contributed by atoms with Gasteiger partial charge in [-0.3, -0.25) is 4.79 Å². The largest absolute Gasteiger partial charge is 0.490 e. The van der Waals surface area contributed by atoms with Crippen LogP contribution in [0.15, 0.2) is 42.5 Å². The fourth-order valence-electron chi connectivity index (χ4n) is 3.02. The summed E-state index contributed by atoms with van der Waals surface area (Å²) in [5, 5.41) is 3.01. The van der Waals surface area contributed by atoms with Gasteiger partial charge in [-0.1, -0.05) is 32.0 Å². The van der Waals surface area contributed by atoms with E-state index < -0.39 is 10.0 Å². The van der Waals surface area contributed by atoms with Gasteiger partial charge in [0.25, 0.3) is 5.91 Å². The van der Waals surface area contributed by atoms with Crippen molar-refractivity contribution in [1.82, 2.24) is 10.0 Å². The minimum absolute atomic E-state index is 0.180. The molecule has 1 atom stereocenters. The molecule has 2 aromatic carbocycles. The molecule has 2 aromatic rings. The maximum Gasteiger partial charge on any atom is 0.251 e. The van der Waals surface area contributed by atoms with E-state index in [9.17, 15) is 13.2 Å². The van der Waals surface area contributed by atoms with E-state index in [1.54, 1.807) is 12.1 Å². The molecule has 0 saturated heterocycles. The fourth-order valence-corrected chi connectivity index (χ4v) is 3.49. The van der Waals surface area contributed by atoms with E-state index in [1.165, 1.54) is 0 Å². The highest BCUT2D eigenvalue weighted by Gasteiger charge is 2.15. The molecule has 8 heteroatoms. The van der Waals surface area contributed by atoms with Crippen LogP contribution in [0.2, 0.25) is 0 Å². The summed E-state index contributed by atoms with van der Waals surface area (Å²) < 4.78 is 36.4. The first kappa shape index (κ1) is 25.7. The van der Waals surface area contributed by atoms with Crippen LogP contribution in [0.4, 0.5) is 0 Å². The summed E-state index contributed by atoms with van der Waals surface area (Å²) in [6.45, 7) is 7.56. The highest BCUT2D eigenvalue weighted by atomic mass is 32.2. The summed E-state index contributed by atoms with van der Waals surface area (Å²) >= 11 is 0. The molecule has 0 aliphatic heterocycles. The lowest BCUT2D eigenvalue weighted by molar-refractivity contribution is 0.0939. The SMILES string of the molecule is CCCOc1ccc([C@@H](C)NC(=O)c2ccc(CCNS(C)(=O)=O)cc2)cc1OCCC. The van der Waals surface area contributed by atoms with Gasteiger partial charge in [0.05, 0.1) is 25.5 Å². The molecular formula is C24H34N2O5S. The third-order valence-corrected chi connectivity index (χ3v) is 5.46. The van der Waals surface area contributed by atoms with Crippen LogP contribution in [0.1, 0.15) is 61.1 Å². The normalized spacial score (nSPS) is 12.2. The Morgan fingerprint density at radius 3 is 2.19 bits per heavy atom. The Bertz CT molecular complexity index is 974. The Morgan fingerprint density at radius 2 is 1.59 bits per heavy atom. The molecule has 0 unspecified atom stereocenters. The highest BCUT2D eigenvalue weighted by Crippen LogP contribution is 2.31. The second-order valence-electron chi connectivity index (χ2n) is 7.71. The highest BCUT2D eigenvalue weighted by molar-refractivity contribution is 7.88. The molecule has 2 N–H and O–H groups in total. The summed E-state index contributed by atoms with van der Waals surface area (Å²) in [5.41, 5.74) is 2.42. The Hall–Kier alpha value is -2.58. The number of amides is 1. The zero-order valence-corrected chi connectivity index (χ0v) is 20.1. The minimum Gasteiger partial charge on any atom is -0.490 e. The fraction of sp³-hybridized carbons (Fsp3) is 0.458. The molecule has 0 fully saturated rings. The molecule has 0 heterocycles. The standard InChI is InChI=1S/C24H34N2O5S/c1-5-15-30-22-12-11-21(17-23(22)31-16-6-2)18(3)26-24(27)20-9-7-19(8-10-20)13-14-25-32(4,28)29/h7-12,17-18,25H,5-6,13-16H2,1-4H3,(H,26,27)/t18-/m1/s1. The van der Waals surface area contributed by atoms with Gasteiger partial charge in [0, 0.05) is 12.1 Å². The number of rotatable bonds is 13. The number of nitrogens with one attached hydrogen (secondary N) is 2. The van der Waals surface area contributed by atoms with Crippen LogP contribution < -0.4 is 19.5 Å². The molecule has 0 aliphatic carbocycles. The Balaban J connectivity index is 2.01. The zero-order valence-electron chi connectivity index (χ0n) is 19.3. The summed E-state index contributed by atoms with van der Waals surface area (Å²) in [5.74, 6) is 1.22. The average Bonchev–Trinajstić information content (AvgIpc) is 2.76. The lowest BCUT2D eigenvalue weighted by Gasteiger charge is -2.18. The molecule has 0 saturated carbocycles. The third kappa shape index (κ3) is 8.51. The first-order valence-corrected chi connectivity index (χ1v) is 12.9. The molecule has 2 rings (SSSR count). The number of benzene rings is 2.